The van der Waals surface area contributed by atoms with Crippen molar-refractivity contribution in [2.45, 2.75) is 13.8 Å². The lowest BCUT2D eigenvalue weighted by Gasteiger charge is -2.17. The number of thiocarbonyl (C=S) groups is 1. The van der Waals surface area contributed by atoms with E-state index in [0.717, 1.165) is 11.1 Å². The number of rotatable bonds is 3. The predicted octanol–water partition coefficient (Wildman–Crippen LogP) is 2.97. The minimum absolute atomic E-state index is 0.0388. The van der Waals surface area contributed by atoms with Crippen LogP contribution in [0.1, 0.15) is 16.7 Å². The molecule has 0 atom stereocenters. The summed E-state index contributed by atoms with van der Waals surface area (Å²) in [7, 11) is 0. The number of nitrogens with zero attached hydrogens (tertiary/aromatic N) is 1. The molecule has 108 valence electrons. The topological polar surface area (TPSA) is 26.9 Å². The number of aryl methyl sites for hydroxylation is 2. The van der Waals surface area contributed by atoms with Gasteiger partial charge < -0.3 is 5.11 Å². The Labute approximate surface area is 135 Å². The van der Waals surface area contributed by atoms with Gasteiger partial charge in [0.2, 0.25) is 5.70 Å². The lowest BCUT2D eigenvalue weighted by atomic mass is 10.0. The highest BCUT2D eigenvalue weighted by Gasteiger charge is 2.18. The van der Waals surface area contributed by atoms with Crippen LogP contribution < -0.4 is 9.67 Å². The Balaban J connectivity index is 2.65. The van der Waals surface area contributed by atoms with E-state index in [2.05, 4.69) is 0 Å². The van der Waals surface area contributed by atoms with Gasteiger partial charge in [-0.2, -0.15) is 4.57 Å². The van der Waals surface area contributed by atoms with Crippen LogP contribution in [0.4, 0.5) is 0 Å². The van der Waals surface area contributed by atoms with Gasteiger partial charge in [0, 0.05) is 12.1 Å². The van der Waals surface area contributed by atoms with Gasteiger partial charge in [0.15, 0.2) is 12.4 Å². The fourth-order valence-electron chi connectivity index (χ4n) is 2.16. The molecule has 0 aliphatic heterocycles. The molecule has 0 fully saturated rings. The molecule has 1 aromatic heterocycles. The number of pyridine rings is 1. The van der Waals surface area contributed by atoms with Crippen molar-refractivity contribution >= 4 is 39.6 Å². The van der Waals surface area contributed by atoms with Crippen LogP contribution in [-0.4, -0.2) is 10.5 Å². The molecule has 0 radical (unpaired) electrons. The number of benzene rings is 1. The van der Waals surface area contributed by atoms with Crippen LogP contribution in [-0.2, 0) is 0 Å². The maximum Gasteiger partial charge on any atom is 0.228 e. The van der Waals surface area contributed by atoms with E-state index in [4.69, 9.17) is 12.2 Å². The minimum atomic E-state index is -0.0388. The zero-order chi connectivity index (χ0) is 15.4. The van der Waals surface area contributed by atoms with Crippen molar-refractivity contribution in [2.75, 3.05) is 6.26 Å². The molecule has 0 bridgehead atoms. The summed E-state index contributed by atoms with van der Waals surface area (Å²) in [4.78, 5) is 0. The van der Waals surface area contributed by atoms with Gasteiger partial charge in [-0.15, -0.1) is 11.8 Å². The van der Waals surface area contributed by atoms with Crippen molar-refractivity contribution in [3.05, 3.63) is 65.5 Å². The van der Waals surface area contributed by atoms with Crippen molar-refractivity contribution < 1.29 is 9.67 Å². The van der Waals surface area contributed by atoms with Crippen molar-refractivity contribution in [1.29, 1.82) is 0 Å². The van der Waals surface area contributed by atoms with E-state index >= 15 is 0 Å². The molecule has 2 aromatic rings. The maximum atomic E-state index is 12.9. The average molecular weight is 315 g/mol. The number of aromatic nitrogens is 1. The van der Waals surface area contributed by atoms with Gasteiger partial charge in [-0.05, 0) is 37.0 Å². The first-order chi connectivity index (χ1) is 10.0. The lowest BCUT2D eigenvalue weighted by Crippen LogP contribution is -2.36. The van der Waals surface area contributed by atoms with Gasteiger partial charge >= 0.3 is 0 Å². The normalized spacial score (nSPS) is 12.0. The van der Waals surface area contributed by atoms with Crippen molar-refractivity contribution in [3.63, 3.8) is 0 Å². The Kier molecular flexibility index (Phi) is 5.15. The van der Waals surface area contributed by atoms with Crippen LogP contribution in [0, 0.1) is 13.8 Å². The van der Waals surface area contributed by atoms with E-state index in [1.165, 1.54) is 11.8 Å². The van der Waals surface area contributed by atoms with Gasteiger partial charge in [-0.1, -0.05) is 42.0 Å². The molecule has 0 amide bonds. The second-order valence-electron chi connectivity index (χ2n) is 4.77. The standard InChI is InChI=1S/C17H17NOS2/c1-12-7-8-14(13(2)11-12)16(19)15(17(20)21-3)18-9-5-4-6-10-18/h4-11H,1-3H3. The number of hydrogen-bond acceptors (Lipinski definition) is 3. The quantitative estimate of drug-likeness (QED) is 0.377. The molecular formula is C17H17NOS2. The molecule has 1 heterocycles. The van der Waals surface area contributed by atoms with E-state index in [-0.39, 0.29) is 5.76 Å². The van der Waals surface area contributed by atoms with Crippen LogP contribution in [0.5, 0.6) is 0 Å². The second-order valence-corrected chi connectivity index (χ2v) is 6.25. The Morgan fingerprint density at radius 2 is 1.81 bits per heavy atom. The molecule has 0 saturated heterocycles. The molecule has 0 N–H and O–H groups in total. The van der Waals surface area contributed by atoms with Crippen LogP contribution >= 0.6 is 24.0 Å². The Morgan fingerprint density at radius 3 is 2.38 bits per heavy atom. The first-order valence-electron chi connectivity index (χ1n) is 6.58. The highest BCUT2D eigenvalue weighted by Crippen LogP contribution is 2.22. The molecule has 0 aliphatic carbocycles. The minimum Gasteiger partial charge on any atom is -0.868 e. The van der Waals surface area contributed by atoms with Crippen LogP contribution in [0.25, 0.3) is 11.5 Å². The highest BCUT2D eigenvalue weighted by molar-refractivity contribution is 8.23. The molecule has 0 saturated carbocycles. The Bertz CT molecular complexity index is 693. The van der Waals surface area contributed by atoms with Gasteiger partial charge in [0.05, 0.1) is 0 Å². The van der Waals surface area contributed by atoms with Gasteiger partial charge in [0.25, 0.3) is 0 Å². The summed E-state index contributed by atoms with van der Waals surface area (Å²) >= 11 is 6.80. The summed E-state index contributed by atoms with van der Waals surface area (Å²) in [5, 5.41) is 12.9. The van der Waals surface area contributed by atoms with Crippen LogP contribution in [0.2, 0.25) is 0 Å². The van der Waals surface area contributed by atoms with Crippen molar-refractivity contribution in [2.24, 2.45) is 0 Å². The fraction of sp³-hybridized carbons (Fsp3) is 0.176. The maximum absolute atomic E-state index is 12.9. The summed E-state index contributed by atoms with van der Waals surface area (Å²) in [6.07, 6.45) is 5.58. The molecule has 21 heavy (non-hydrogen) atoms. The molecule has 0 spiro atoms. The molecular weight excluding hydrogens is 298 g/mol. The Morgan fingerprint density at radius 1 is 1.14 bits per heavy atom. The summed E-state index contributed by atoms with van der Waals surface area (Å²) in [6.45, 7) is 3.97. The SMILES string of the molecule is CSC(=S)/C(=C(/[O-])c1ccc(C)cc1C)[n+]1ccccc1. The second kappa shape index (κ2) is 6.87. The predicted molar refractivity (Wildman–Crippen MR) is 91.8 cm³/mol. The average Bonchev–Trinajstić information content (AvgIpc) is 2.48. The summed E-state index contributed by atoms with van der Waals surface area (Å²) in [5.74, 6) is -0.0388. The first-order valence-corrected chi connectivity index (χ1v) is 8.21. The smallest absolute Gasteiger partial charge is 0.228 e. The summed E-state index contributed by atoms with van der Waals surface area (Å²) in [5.41, 5.74) is 3.34. The van der Waals surface area contributed by atoms with Gasteiger partial charge in [0.1, 0.15) is 4.20 Å². The largest absolute Gasteiger partial charge is 0.868 e. The number of hydrogen-bond donors (Lipinski definition) is 0. The molecule has 0 unspecified atom stereocenters. The zero-order valence-electron chi connectivity index (χ0n) is 12.3. The zero-order valence-corrected chi connectivity index (χ0v) is 13.9. The monoisotopic (exact) mass is 315 g/mol. The van der Waals surface area contributed by atoms with E-state index in [9.17, 15) is 5.11 Å². The van der Waals surface area contributed by atoms with Crippen LogP contribution in [0.15, 0.2) is 48.8 Å². The highest BCUT2D eigenvalue weighted by atomic mass is 32.2. The molecule has 2 nitrogen and oxygen atoms in total. The summed E-state index contributed by atoms with van der Waals surface area (Å²) in [6, 6.07) is 11.5. The van der Waals surface area contributed by atoms with E-state index in [1.807, 2.05) is 68.9 Å². The van der Waals surface area contributed by atoms with Gasteiger partial charge in [-0.3, -0.25) is 0 Å². The third kappa shape index (κ3) is 3.52. The fourth-order valence-corrected chi connectivity index (χ4v) is 2.75. The molecule has 0 aliphatic rings. The molecule has 4 heteroatoms. The third-order valence-corrected chi connectivity index (χ3v) is 4.45. The van der Waals surface area contributed by atoms with Crippen LogP contribution in [0.3, 0.4) is 0 Å². The molecule has 2 rings (SSSR count). The van der Waals surface area contributed by atoms with Crippen molar-refractivity contribution in [1.82, 2.24) is 0 Å². The Hall–Kier alpha value is -1.65. The molecule has 1 aromatic carbocycles. The van der Waals surface area contributed by atoms with E-state index < -0.39 is 0 Å². The van der Waals surface area contributed by atoms with Crippen molar-refractivity contribution in [3.8, 4) is 0 Å². The van der Waals surface area contributed by atoms with E-state index in [1.54, 1.807) is 4.57 Å². The van der Waals surface area contributed by atoms with Gasteiger partial charge in [-0.25, -0.2) is 0 Å². The summed E-state index contributed by atoms with van der Waals surface area (Å²) < 4.78 is 2.39. The number of thioether (sulfide) groups is 1. The lowest BCUT2D eigenvalue weighted by molar-refractivity contribution is -0.577. The first kappa shape index (κ1) is 15.7. The third-order valence-electron chi connectivity index (χ3n) is 3.19. The van der Waals surface area contributed by atoms with E-state index in [0.29, 0.717) is 15.5 Å².